The topological polar surface area (TPSA) is 65.1 Å². The van der Waals surface area contributed by atoms with Gasteiger partial charge in [-0.3, -0.25) is 4.79 Å². The van der Waals surface area contributed by atoms with Crippen molar-refractivity contribution in [3.05, 3.63) is 51.0 Å². The summed E-state index contributed by atoms with van der Waals surface area (Å²) in [4.78, 5) is 14.3. The van der Waals surface area contributed by atoms with Crippen LogP contribution in [0.3, 0.4) is 0 Å². The molecule has 2 rings (SSSR count). The SMILES string of the molecule is C=c1cc(C)cc/c1=c1\cc(O)c(=CC(=O)NC)[nH]1. The Balaban J connectivity index is 2.79. The Morgan fingerprint density at radius 2 is 2.16 bits per heavy atom. The van der Waals surface area contributed by atoms with Crippen molar-refractivity contribution in [2.24, 2.45) is 0 Å². The lowest BCUT2D eigenvalue weighted by molar-refractivity contribution is -0.114. The van der Waals surface area contributed by atoms with Crippen LogP contribution in [0, 0.1) is 17.5 Å². The first-order valence-corrected chi connectivity index (χ1v) is 5.92. The fourth-order valence-corrected chi connectivity index (χ4v) is 1.90. The minimum atomic E-state index is -0.276. The molecule has 0 unspecified atom stereocenters. The van der Waals surface area contributed by atoms with Crippen LogP contribution in [-0.2, 0) is 4.79 Å². The van der Waals surface area contributed by atoms with Crippen LogP contribution < -0.4 is 15.9 Å². The van der Waals surface area contributed by atoms with E-state index in [2.05, 4.69) is 16.9 Å². The fraction of sp³-hybridized carbons (Fsp3) is 0.133. The number of aryl methyl sites for hydroxylation is 1. The number of H-pyrrole nitrogens is 1. The minimum absolute atomic E-state index is 0.0403. The van der Waals surface area contributed by atoms with E-state index in [1.54, 1.807) is 6.07 Å². The van der Waals surface area contributed by atoms with Crippen LogP contribution in [0.15, 0.2) is 24.3 Å². The number of hydrogen-bond donors (Lipinski definition) is 3. The van der Waals surface area contributed by atoms with E-state index in [0.717, 1.165) is 21.3 Å². The van der Waals surface area contributed by atoms with E-state index >= 15 is 0 Å². The summed E-state index contributed by atoms with van der Waals surface area (Å²) < 4.78 is 0. The molecular weight excluding hydrogens is 240 g/mol. The number of carbonyl (C=O) groups excluding carboxylic acids is 1. The van der Waals surface area contributed by atoms with E-state index < -0.39 is 0 Å². The van der Waals surface area contributed by atoms with Crippen molar-refractivity contribution < 1.29 is 9.90 Å². The van der Waals surface area contributed by atoms with Gasteiger partial charge in [0.1, 0.15) is 5.75 Å². The quantitative estimate of drug-likeness (QED) is 0.685. The third kappa shape index (κ3) is 2.68. The van der Waals surface area contributed by atoms with Crippen LogP contribution in [0.1, 0.15) is 5.56 Å². The van der Waals surface area contributed by atoms with E-state index in [-0.39, 0.29) is 11.7 Å². The molecule has 0 saturated carbocycles. The molecule has 0 radical (unpaired) electrons. The van der Waals surface area contributed by atoms with Gasteiger partial charge in [0, 0.05) is 24.4 Å². The first-order chi connectivity index (χ1) is 9.01. The molecule has 98 valence electrons. The summed E-state index contributed by atoms with van der Waals surface area (Å²) in [7, 11) is 1.54. The summed E-state index contributed by atoms with van der Waals surface area (Å²) in [5.74, 6) is -0.235. The molecule has 0 fully saturated rings. The molecule has 1 amide bonds. The maximum atomic E-state index is 11.3. The number of aromatic hydroxyl groups is 1. The van der Waals surface area contributed by atoms with Gasteiger partial charge in [0.25, 0.3) is 0 Å². The number of amides is 1. The monoisotopic (exact) mass is 256 g/mol. The molecule has 0 saturated heterocycles. The summed E-state index contributed by atoms with van der Waals surface area (Å²) >= 11 is 0. The van der Waals surface area contributed by atoms with Crippen LogP contribution >= 0.6 is 0 Å². The largest absolute Gasteiger partial charge is 0.506 e. The van der Waals surface area contributed by atoms with Gasteiger partial charge in [0.15, 0.2) is 0 Å². The van der Waals surface area contributed by atoms with Crippen LogP contribution in [0.2, 0.25) is 0 Å². The summed E-state index contributed by atoms with van der Waals surface area (Å²) in [6, 6.07) is 7.47. The second-order valence-electron chi connectivity index (χ2n) is 4.40. The Hall–Kier alpha value is -2.49. The van der Waals surface area contributed by atoms with Crippen molar-refractivity contribution in [1.82, 2.24) is 10.3 Å². The van der Waals surface area contributed by atoms with Crippen molar-refractivity contribution in [2.75, 3.05) is 7.05 Å². The Bertz CT molecular complexity index is 819. The van der Waals surface area contributed by atoms with Crippen molar-refractivity contribution in [3.8, 4) is 5.75 Å². The molecule has 0 atom stereocenters. The number of hydrogen-bond acceptors (Lipinski definition) is 2. The van der Waals surface area contributed by atoms with Crippen molar-refractivity contribution in [3.63, 3.8) is 0 Å². The standard InChI is InChI=1S/C15H16N2O2/c1-9-4-5-11(10(2)6-9)12-7-14(18)13(17-12)8-15(19)16-3/h4-8,17-18H,2H2,1,3H3,(H,16,19)/b12-11-,13-8?. The predicted octanol–water partition coefficient (Wildman–Crippen LogP) is 0.252. The van der Waals surface area contributed by atoms with Gasteiger partial charge in [-0.25, -0.2) is 0 Å². The average molecular weight is 256 g/mol. The van der Waals surface area contributed by atoms with Crippen LogP contribution in [0.5, 0.6) is 5.75 Å². The number of aromatic amines is 1. The molecule has 0 spiro atoms. The summed E-state index contributed by atoms with van der Waals surface area (Å²) in [6.07, 6.45) is 1.32. The molecule has 0 aliphatic rings. The Kier molecular flexibility index (Phi) is 3.42. The van der Waals surface area contributed by atoms with E-state index in [1.165, 1.54) is 13.1 Å². The summed E-state index contributed by atoms with van der Waals surface area (Å²) in [5.41, 5.74) is 1.13. The molecule has 19 heavy (non-hydrogen) atoms. The Labute approximate surface area is 110 Å². The van der Waals surface area contributed by atoms with Gasteiger partial charge in [-0.2, -0.15) is 0 Å². The van der Waals surface area contributed by atoms with Crippen molar-refractivity contribution >= 4 is 18.6 Å². The number of rotatable bonds is 1. The number of aromatic nitrogens is 1. The third-order valence-corrected chi connectivity index (χ3v) is 2.90. The van der Waals surface area contributed by atoms with Gasteiger partial charge in [-0.05, 0) is 12.1 Å². The van der Waals surface area contributed by atoms with Crippen LogP contribution in [0.25, 0.3) is 12.7 Å². The van der Waals surface area contributed by atoms with Gasteiger partial charge in [0.05, 0.1) is 10.7 Å². The zero-order valence-electron chi connectivity index (χ0n) is 10.9. The molecule has 1 heterocycles. The highest BCUT2D eigenvalue weighted by atomic mass is 16.3. The molecule has 0 bridgehead atoms. The van der Waals surface area contributed by atoms with E-state index in [0.29, 0.717) is 5.35 Å². The lowest BCUT2D eigenvalue weighted by Crippen LogP contribution is -2.18. The molecule has 4 heteroatoms. The van der Waals surface area contributed by atoms with Crippen molar-refractivity contribution in [1.29, 1.82) is 0 Å². The van der Waals surface area contributed by atoms with E-state index in [9.17, 15) is 9.90 Å². The Morgan fingerprint density at radius 1 is 1.42 bits per heavy atom. The van der Waals surface area contributed by atoms with Crippen molar-refractivity contribution in [2.45, 2.75) is 6.92 Å². The van der Waals surface area contributed by atoms with Crippen LogP contribution in [0.4, 0.5) is 0 Å². The van der Waals surface area contributed by atoms with Gasteiger partial charge >= 0.3 is 0 Å². The lowest BCUT2D eigenvalue weighted by Gasteiger charge is -1.91. The highest BCUT2D eigenvalue weighted by Gasteiger charge is 1.99. The Morgan fingerprint density at radius 3 is 2.79 bits per heavy atom. The maximum absolute atomic E-state index is 11.3. The molecule has 0 aliphatic carbocycles. The van der Waals surface area contributed by atoms with Gasteiger partial charge in [-0.15, -0.1) is 0 Å². The highest BCUT2D eigenvalue weighted by Crippen LogP contribution is 2.01. The van der Waals surface area contributed by atoms with E-state index in [1.807, 2.05) is 25.1 Å². The first-order valence-electron chi connectivity index (χ1n) is 5.92. The second kappa shape index (κ2) is 5.02. The zero-order valence-corrected chi connectivity index (χ0v) is 10.9. The third-order valence-electron chi connectivity index (χ3n) is 2.90. The van der Waals surface area contributed by atoms with Crippen LogP contribution in [-0.4, -0.2) is 23.0 Å². The maximum Gasteiger partial charge on any atom is 0.245 e. The highest BCUT2D eigenvalue weighted by molar-refractivity contribution is 6.03. The summed E-state index contributed by atoms with van der Waals surface area (Å²) in [5, 5.41) is 15.2. The second-order valence-corrected chi connectivity index (χ2v) is 4.40. The van der Waals surface area contributed by atoms with E-state index in [4.69, 9.17) is 0 Å². The first kappa shape index (κ1) is 13.0. The fourth-order valence-electron chi connectivity index (χ4n) is 1.90. The molecule has 3 N–H and O–H groups in total. The molecular formula is C15H16N2O2. The van der Waals surface area contributed by atoms with Gasteiger partial charge in [-0.1, -0.05) is 30.3 Å². The molecule has 0 aliphatic heterocycles. The molecule has 1 aromatic heterocycles. The molecule has 1 aromatic carbocycles. The van der Waals surface area contributed by atoms with Gasteiger partial charge in [0.2, 0.25) is 5.91 Å². The number of benzene rings is 1. The predicted molar refractivity (Wildman–Crippen MR) is 74.6 cm³/mol. The summed E-state index contributed by atoms with van der Waals surface area (Å²) in [6.45, 7) is 5.98. The zero-order chi connectivity index (χ0) is 14.0. The van der Waals surface area contributed by atoms with Gasteiger partial charge < -0.3 is 15.4 Å². The molecule has 2 aromatic rings. The number of nitrogens with one attached hydrogen (secondary N) is 2. The lowest BCUT2D eigenvalue weighted by atomic mass is 10.2. The average Bonchev–Trinajstić information content (AvgIpc) is 2.70. The number of carbonyl (C=O) groups is 1. The smallest absolute Gasteiger partial charge is 0.245 e. The molecule has 4 nitrogen and oxygen atoms in total. The minimum Gasteiger partial charge on any atom is -0.506 e. The normalized spacial score (nSPS) is 13.5.